The summed E-state index contributed by atoms with van der Waals surface area (Å²) in [5.74, 6) is -1.78. The molecule has 0 aliphatic carbocycles. The third-order valence-corrected chi connectivity index (χ3v) is 5.30. The minimum Gasteiger partial charge on any atom is -0.480 e. The minimum absolute atomic E-state index is 0.0288. The molecule has 2 aromatic heterocycles. The first kappa shape index (κ1) is 19.6. The molecule has 1 saturated heterocycles. The van der Waals surface area contributed by atoms with Gasteiger partial charge in [0.2, 0.25) is 5.88 Å². The number of ether oxygens (including phenoxy) is 1. The van der Waals surface area contributed by atoms with Gasteiger partial charge < -0.3 is 9.64 Å². The number of halogens is 3. The zero-order valence-corrected chi connectivity index (χ0v) is 16.6. The normalized spacial score (nSPS) is 15.1. The van der Waals surface area contributed by atoms with E-state index < -0.39 is 23.0 Å². The van der Waals surface area contributed by atoms with Gasteiger partial charge in [0.25, 0.3) is 5.78 Å². The van der Waals surface area contributed by atoms with Crippen LogP contribution in [-0.2, 0) is 0 Å². The van der Waals surface area contributed by atoms with Crippen molar-refractivity contribution in [1.29, 1.82) is 0 Å². The number of piperidine rings is 1. The number of rotatable bonds is 4. The van der Waals surface area contributed by atoms with Crippen molar-refractivity contribution in [1.82, 2.24) is 19.6 Å². The molecular formula is C19H18F3N5OS. The van der Waals surface area contributed by atoms with Gasteiger partial charge in [0.15, 0.2) is 5.82 Å². The van der Waals surface area contributed by atoms with E-state index in [1.807, 2.05) is 4.90 Å². The predicted molar refractivity (Wildman–Crippen MR) is 106 cm³/mol. The van der Waals surface area contributed by atoms with Crippen molar-refractivity contribution >= 4 is 29.2 Å². The molecule has 0 spiro atoms. The van der Waals surface area contributed by atoms with Crippen LogP contribution in [0.4, 0.5) is 19.0 Å². The highest BCUT2D eigenvalue weighted by Gasteiger charge is 2.30. The van der Waals surface area contributed by atoms with E-state index in [-0.39, 0.29) is 23.0 Å². The molecule has 0 saturated carbocycles. The summed E-state index contributed by atoms with van der Waals surface area (Å²) < 4.78 is 49.8. The van der Waals surface area contributed by atoms with Crippen molar-refractivity contribution in [2.75, 3.05) is 25.1 Å². The molecule has 3 heterocycles. The molecule has 1 aliphatic heterocycles. The van der Waals surface area contributed by atoms with Crippen LogP contribution in [0.5, 0.6) is 5.88 Å². The fourth-order valence-electron chi connectivity index (χ4n) is 3.59. The molecule has 29 heavy (non-hydrogen) atoms. The van der Waals surface area contributed by atoms with Crippen LogP contribution in [0.3, 0.4) is 0 Å². The van der Waals surface area contributed by atoms with Gasteiger partial charge in [-0.1, -0.05) is 19.1 Å². The van der Waals surface area contributed by atoms with Crippen molar-refractivity contribution < 1.29 is 17.9 Å². The van der Waals surface area contributed by atoms with Crippen LogP contribution in [0.2, 0.25) is 0 Å². The average Bonchev–Trinajstić information content (AvgIpc) is 3.10. The second kappa shape index (κ2) is 7.58. The average molecular weight is 421 g/mol. The summed E-state index contributed by atoms with van der Waals surface area (Å²) in [6, 6.07) is 1.27. The Morgan fingerprint density at radius 2 is 1.76 bits per heavy atom. The summed E-state index contributed by atoms with van der Waals surface area (Å²) in [6.45, 7) is 3.45. The van der Waals surface area contributed by atoms with Crippen LogP contribution in [0.15, 0.2) is 12.1 Å². The van der Waals surface area contributed by atoms with E-state index >= 15 is 0 Å². The molecule has 4 rings (SSSR count). The zero-order valence-electron chi connectivity index (χ0n) is 15.8. The van der Waals surface area contributed by atoms with Gasteiger partial charge >= 0.3 is 0 Å². The lowest BCUT2D eigenvalue weighted by atomic mass is 9.98. The maximum atomic E-state index is 14.7. The lowest BCUT2D eigenvalue weighted by Gasteiger charge is -2.33. The van der Waals surface area contributed by atoms with Gasteiger partial charge in [0.1, 0.15) is 23.3 Å². The molecular weight excluding hydrogens is 403 g/mol. The topological polar surface area (TPSA) is 55.6 Å². The van der Waals surface area contributed by atoms with Crippen LogP contribution in [-0.4, -0.2) is 45.1 Å². The minimum atomic E-state index is -1.05. The van der Waals surface area contributed by atoms with Crippen LogP contribution in [0, 0.1) is 23.4 Å². The molecule has 1 fully saturated rings. The molecule has 0 radical (unpaired) electrons. The number of hydrogen-bond acceptors (Lipinski definition) is 6. The van der Waals surface area contributed by atoms with Gasteiger partial charge in [0.05, 0.1) is 18.2 Å². The van der Waals surface area contributed by atoms with Gasteiger partial charge in [-0.2, -0.15) is 14.5 Å². The SMILES string of the molecule is COc1nc2nc(C=S)nn2c(N2CCC(C)CC2)c1-c1c(F)cc(F)cc1F. The summed E-state index contributed by atoms with van der Waals surface area (Å²) in [5, 5.41) is 5.62. The van der Waals surface area contributed by atoms with E-state index in [0.29, 0.717) is 37.0 Å². The molecule has 3 aromatic rings. The number of nitrogens with zero attached hydrogens (tertiary/aromatic N) is 5. The van der Waals surface area contributed by atoms with Gasteiger partial charge in [-0.3, -0.25) is 0 Å². The van der Waals surface area contributed by atoms with Gasteiger partial charge in [-0.25, -0.2) is 13.2 Å². The van der Waals surface area contributed by atoms with Crippen molar-refractivity contribution in [2.24, 2.45) is 5.92 Å². The Bertz CT molecular complexity index is 1070. The first-order valence-corrected chi connectivity index (χ1v) is 9.59. The molecule has 1 aromatic carbocycles. The number of fused-ring (bicyclic) bond motifs is 1. The van der Waals surface area contributed by atoms with Crippen LogP contribution < -0.4 is 9.64 Å². The molecule has 0 unspecified atom stereocenters. The number of methoxy groups -OCH3 is 1. The third-order valence-electron chi connectivity index (χ3n) is 5.08. The summed E-state index contributed by atoms with van der Waals surface area (Å²) in [6.07, 6.45) is 1.79. The van der Waals surface area contributed by atoms with E-state index in [0.717, 1.165) is 12.8 Å². The summed E-state index contributed by atoms with van der Waals surface area (Å²) in [4.78, 5) is 10.5. The summed E-state index contributed by atoms with van der Waals surface area (Å²) in [7, 11) is 1.35. The molecule has 10 heteroatoms. The Labute approximate surface area is 170 Å². The molecule has 152 valence electrons. The van der Waals surface area contributed by atoms with Crippen molar-refractivity contribution in [2.45, 2.75) is 19.8 Å². The van der Waals surface area contributed by atoms with Crippen molar-refractivity contribution in [3.05, 3.63) is 35.4 Å². The lowest BCUT2D eigenvalue weighted by Crippen LogP contribution is -2.35. The Balaban J connectivity index is 2.07. The summed E-state index contributed by atoms with van der Waals surface area (Å²) in [5.41, 5.74) is -0.365. The van der Waals surface area contributed by atoms with Crippen LogP contribution >= 0.6 is 12.2 Å². The Morgan fingerprint density at radius 1 is 1.10 bits per heavy atom. The molecule has 0 amide bonds. The van der Waals surface area contributed by atoms with Crippen molar-refractivity contribution in [3.8, 4) is 17.0 Å². The van der Waals surface area contributed by atoms with E-state index in [9.17, 15) is 13.2 Å². The largest absolute Gasteiger partial charge is 0.480 e. The van der Waals surface area contributed by atoms with Gasteiger partial charge in [0, 0.05) is 30.6 Å². The Hall–Kier alpha value is -2.75. The van der Waals surface area contributed by atoms with E-state index in [4.69, 9.17) is 17.0 Å². The number of thiocarbonyl (C=S) groups is 1. The number of anilines is 1. The molecule has 0 N–H and O–H groups in total. The second-order valence-electron chi connectivity index (χ2n) is 7.03. The highest BCUT2D eigenvalue weighted by Crippen LogP contribution is 2.41. The maximum absolute atomic E-state index is 14.7. The number of benzene rings is 1. The molecule has 1 aliphatic rings. The highest BCUT2D eigenvalue weighted by atomic mass is 32.1. The monoisotopic (exact) mass is 421 g/mol. The van der Waals surface area contributed by atoms with Gasteiger partial charge in [-0.05, 0) is 18.8 Å². The Morgan fingerprint density at radius 3 is 2.34 bits per heavy atom. The quantitative estimate of drug-likeness (QED) is 0.598. The molecule has 6 nitrogen and oxygen atoms in total. The number of aromatic nitrogens is 4. The van der Waals surface area contributed by atoms with Crippen molar-refractivity contribution in [3.63, 3.8) is 0 Å². The number of hydrogen-bond donors (Lipinski definition) is 0. The fraction of sp³-hybridized carbons (Fsp3) is 0.368. The second-order valence-corrected chi connectivity index (χ2v) is 7.27. The lowest BCUT2D eigenvalue weighted by molar-refractivity contribution is 0.397. The van der Waals surface area contributed by atoms with Gasteiger partial charge in [-0.15, -0.1) is 5.10 Å². The maximum Gasteiger partial charge on any atom is 0.258 e. The third kappa shape index (κ3) is 3.41. The highest BCUT2D eigenvalue weighted by molar-refractivity contribution is 7.79. The smallest absolute Gasteiger partial charge is 0.258 e. The van der Waals surface area contributed by atoms with E-state index in [1.54, 1.807) is 0 Å². The van der Waals surface area contributed by atoms with Crippen LogP contribution in [0.1, 0.15) is 25.6 Å². The first-order chi connectivity index (χ1) is 13.9. The van der Waals surface area contributed by atoms with E-state index in [2.05, 4.69) is 22.0 Å². The molecule has 0 bridgehead atoms. The first-order valence-electron chi connectivity index (χ1n) is 9.12. The summed E-state index contributed by atoms with van der Waals surface area (Å²) >= 11 is 4.92. The molecule has 0 atom stereocenters. The fourth-order valence-corrected chi connectivity index (χ4v) is 3.69. The van der Waals surface area contributed by atoms with E-state index in [1.165, 1.54) is 17.0 Å². The predicted octanol–water partition coefficient (Wildman–Crippen LogP) is 3.80. The zero-order chi connectivity index (χ0) is 20.7. The van der Waals surface area contributed by atoms with Crippen LogP contribution in [0.25, 0.3) is 16.9 Å². The Kier molecular flexibility index (Phi) is 5.12. The standard InChI is InChI=1S/C19H18F3N5OS/c1-10-3-5-26(6-4-10)18-16(15-12(21)7-11(20)8-13(15)22)17(28-2)24-19-23-14(9-29)25-27(18)19/h7-10H,3-6H2,1-2H3.